The maximum atomic E-state index is 11.1. The molecule has 0 aromatic carbocycles. The van der Waals surface area contributed by atoms with Crippen LogP contribution in [0.1, 0.15) is 128 Å². The molecule has 0 radical (unpaired) electrons. The average Bonchev–Trinajstić information content (AvgIpc) is 3.09. The van der Waals surface area contributed by atoms with Crippen molar-refractivity contribution in [2.75, 3.05) is 13.2 Å². The Bertz CT molecular complexity index is 794. The summed E-state index contributed by atoms with van der Waals surface area (Å²) in [5.41, 5.74) is 0. The predicted molar refractivity (Wildman–Crippen MR) is 175 cm³/mol. The smallest absolute Gasteiger partial charge is 0.330 e. The van der Waals surface area contributed by atoms with Gasteiger partial charge in [0.25, 0.3) is 0 Å². The van der Waals surface area contributed by atoms with E-state index in [1.165, 1.54) is 102 Å². The summed E-state index contributed by atoms with van der Waals surface area (Å²) >= 11 is 0. The van der Waals surface area contributed by atoms with Crippen LogP contribution in [0, 0.1) is 47.3 Å². The molecule has 0 N–H and O–H groups in total. The largest absolute Gasteiger partial charge is 0.463 e. The Morgan fingerprint density at radius 1 is 0.500 bits per heavy atom. The second-order valence-corrected chi connectivity index (χ2v) is 14.2. The van der Waals surface area contributed by atoms with Crippen LogP contribution in [-0.4, -0.2) is 37.7 Å². The van der Waals surface area contributed by atoms with Crippen molar-refractivity contribution >= 4 is 24.5 Å². The molecule has 0 amide bonds. The second-order valence-electron chi connectivity index (χ2n) is 14.2. The molecule has 4 aliphatic rings. The minimum atomic E-state index is -0.308. The van der Waals surface area contributed by atoms with Crippen LogP contribution in [0.25, 0.3) is 0 Å². The van der Waals surface area contributed by atoms with Crippen LogP contribution in [0.3, 0.4) is 0 Å². The predicted octanol–water partition coefficient (Wildman–Crippen LogP) is 8.62. The fourth-order valence-electron chi connectivity index (χ4n) is 8.61. The molecule has 6 heteroatoms. The summed E-state index contributed by atoms with van der Waals surface area (Å²) in [6, 6.07) is 0. The molecule has 0 heterocycles. The lowest BCUT2D eigenvalue weighted by atomic mass is 9.68. The highest BCUT2D eigenvalue weighted by Crippen LogP contribution is 2.43. The molecule has 44 heavy (non-hydrogen) atoms. The van der Waals surface area contributed by atoms with Crippen LogP contribution in [0.5, 0.6) is 0 Å². The maximum absolute atomic E-state index is 11.1. The Kier molecular flexibility index (Phi) is 17.1. The van der Waals surface area contributed by atoms with Crippen LogP contribution >= 0.6 is 0 Å². The minimum Gasteiger partial charge on any atom is -0.463 e. The molecule has 0 aromatic rings. The summed E-state index contributed by atoms with van der Waals surface area (Å²) < 4.78 is 10.2. The van der Waals surface area contributed by atoms with Crippen LogP contribution in [0.2, 0.25) is 0 Å². The zero-order valence-electron chi connectivity index (χ0n) is 27.3. The molecule has 6 nitrogen and oxygen atoms in total. The number of carbonyl (C=O) groups is 4. The molecule has 0 aromatic heterocycles. The van der Waals surface area contributed by atoms with Gasteiger partial charge in [-0.05, 0) is 138 Å². The van der Waals surface area contributed by atoms with Gasteiger partial charge in [-0.3, -0.25) is 0 Å². The first-order valence-electron chi connectivity index (χ1n) is 17.9. The first-order chi connectivity index (χ1) is 21.4. The van der Waals surface area contributed by atoms with Crippen molar-refractivity contribution < 1.29 is 28.7 Å². The average molecular weight is 613 g/mol. The summed E-state index contributed by atoms with van der Waals surface area (Å²) in [6.45, 7) is 7.90. The van der Waals surface area contributed by atoms with Crippen molar-refractivity contribution in [3.63, 3.8) is 0 Å². The Morgan fingerprint density at radius 3 is 1.07 bits per heavy atom. The van der Waals surface area contributed by atoms with Gasteiger partial charge >= 0.3 is 11.9 Å². The number of carbonyl (C=O) groups excluding carboxylic acids is 4. The van der Waals surface area contributed by atoms with Crippen molar-refractivity contribution in [3.05, 3.63) is 25.3 Å². The highest BCUT2D eigenvalue weighted by Gasteiger charge is 2.32. The summed E-state index contributed by atoms with van der Waals surface area (Å²) in [5.74, 6) is 5.20. The maximum Gasteiger partial charge on any atom is 0.330 e. The third-order valence-electron chi connectivity index (χ3n) is 11.5. The monoisotopic (exact) mass is 612 g/mol. The van der Waals surface area contributed by atoms with Crippen molar-refractivity contribution in [1.82, 2.24) is 0 Å². The fourth-order valence-corrected chi connectivity index (χ4v) is 8.61. The Labute approximate surface area is 267 Å². The highest BCUT2D eigenvalue weighted by molar-refractivity contribution is 5.81. The molecule has 0 saturated heterocycles. The van der Waals surface area contributed by atoms with Gasteiger partial charge in [-0.25, -0.2) is 9.59 Å². The van der Waals surface area contributed by atoms with E-state index in [9.17, 15) is 19.2 Å². The molecule has 4 rings (SSSR count). The van der Waals surface area contributed by atoms with Gasteiger partial charge in [0, 0.05) is 24.0 Å². The summed E-state index contributed by atoms with van der Waals surface area (Å²) in [7, 11) is 0. The zero-order chi connectivity index (χ0) is 31.6. The fraction of sp³-hybridized carbons (Fsp3) is 0.789. The number of hydrogen-bond acceptors (Lipinski definition) is 6. The normalized spacial score (nSPS) is 32.2. The van der Waals surface area contributed by atoms with E-state index in [1.54, 1.807) is 0 Å². The lowest BCUT2D eigenvalue weighted by molar-refractivity contribution is -0.138. The molecule has 0 spiro atoms. The van der Waals surface area contributed by atoms with Gasteiger partial charge in [-0.2, -0.15) is 0 Å². The summed E-state index contributed by atoms with van der Waals surface area (Å²) in [4.78, 5) is 43.5. The Balaban J connectivity index is 0.000000278. The Hall–Kier alpha value is -2.24. The van der Waals surface area contributed by atoms with Crippen LogP contribution in [-0.2, 0) is 28.7 Å². The van der Waals surface area contributed by atoms with Gasteiger partial charge in [-0.1, -0.05) is 38.8 Å². The van der Waals surface area contributed by atoms with Crippen molar-refractivity contribution in [3.8, 4) is 0 Å². The van der Waals surface area contributed by atoms with E-state index in [4.69, 9.17) is 9.47 Å². The lowest BCUT2D eigenvalue weighted by Gasteiger charge is -2.38. The molecule has 0 atom stereocenters. The number of ether oxygens (including phenoxy) is 2. The van der Waals surface area contributed by atoms with E-state index < -0.39 is 0 Å². The van der Waals surface area contributed by atoms with Crippen molar-refractivity contribution in [2.24, 2.45) is 47.3 Å². The SMILES string of the molecule is C=CC(=O)OCCCC1CCC(C2CCC(CCCOC(=O)C=C)CC2)CC1.O=CC1CCC(C2CCC(C=O)CC2)CC1. The number of aldehydes is 2. The first kappa shape index (κ1) is 36.2. The molecule has 0 bridgehead atoms. The van der Waals surface area contributed by atoms with Gasteiger partial charge in [-0.15, -0.1) is 0 Å². The third-order valence-corrected chi connectivity index (χ3v) is 11.5. The Morgan fingerprint density at radius 2 is 0.795 bits per heavy atom. The number of rotatable bonds is 14. The number of hydrogen-bond donors (Lipinski definition) is 0. The van der Waals surface area contributed by atoms with Gasteiger partial charge in [0.05, 0.1) is 13.2 Å². The van der Waals surface area contributed by atoms with Gasteiger partial charge in [0.2, 0.25) is 0 Å². The molecule has 248 valence electrons. The standard InChI is InChI=1S/C24H38O4.C14H22O2/c1-3-23(25)27-17-5-7-19-9-13-21(14-10-19)22-15-11-20(12-16-22)8-6-18-28-24(26)4-2;15-9-11-1-5-13(6-2-11)14-7-3-12(10-16)4-8-14/h3-4,19-22H,1-2,5-18H2;9-14H,1-8H2. The van der Waals surface area contributed by atoms with E-state index >= 15 is 0 Å². The minimum absolute atomic E-state index is 0.308. The first-order valence-corrected chi connectivity index (χ1v) is 17.9. The summed E-state index contributed by atoms with van der Waals surface area (Å²) in [5, 5.41) is 0. The van der Waals surface area contributed by atoms with Crippen LogP contribution < -0.4 is 0 Å². The second kappa shape index (κ2) is 20.7. The molecular weight excluding hydrogens is 552 g/mol. The van der Waals surface area contributed by atoms with E-state index in [0.29, 0.717) is 25.0 Å². The van der Waals surface area contributed by atoms with E-state index in [0.717, 1.165) is 86.6 Å². The topological polar surface area (TPSA) is 86.7 Å². The van der Waals surface area contributed by atoms with E-state index in [-0.39, 0.29) is 11.9 Å². The third kappa shape index (κ3) is 13.0. The molecule has 4 saturated carbocycles. The van der Waals surface area contributed by atoms with Gasteiger partial charge in [0.1, 0.15) is 12.6 Å². The van der Waals surface area contributed by atoms with Gasteiger partial charge < -0.3 is 19.1 Å². The van der Waals surface area contributed by atoms with Gasteiger partial charge in [0.15, 0.2) is 0 Å². The number of esters is 2. The zero-order valence-corrected chi connectivity index (χ0v) is 27.3. The van der Waals surface area contributed by atoms with E-state index in [2.05, 4.69) is 13.2 Å². The lowest BCUT2D eigenvalue weighted by Crippen LogP contribution is -2.26. The van der Waals surface area contributed by atoms with Crippen LogP contribution in [0.15, 0.2) is 25.3 Å². The van der Waals surface area contributed by atoms with Crippen LogP contribution in [0.4, 0.5) is 0 Å². The van der Waals surface area contributed by atoms with Crippen molar-refractivity contribution in [2.45, 2.75) is 128 Å². The highest BCUT2D eigenvalue weighted by atomic mass is 16.5. The molecule has 4 fully saturated rings. The molecule has 0 unspecified atom stereocenters. The quantitative estimate of drug-likeness (QED) is 0.0845. The molecule has 4 aliphatic carbocycles. The van der Waals surface area contributed by atoms with Crippen molar-refractivity contribution in [1.29, 1.82) is 0 Å². The molecular formula is C38H60O6. The van der Waals surface area contributed by atoms with E-state index in [1.807, 2.05) is 0 Å². The molecule has 0 aliphatic heterocycles. The summed E-state index contributed by atoms with van der Waals surface area (Å²) in [6.07, 6.45) is 29.3.